The number of carbonyl (C=O) groups is 2. The molecule has 2 rings (SSSR count). The largest absolute Gasteiger partial charge is 0.416 e. The zero-order valence-corrected chi connectivity index (χ0v) is 13.8. The molecule has 1 aliphatic rings. The van der Waals surface area contributed by atoms with Crippen LogP contribution < -0.4 is 10.6 Å². The van der Waals surface area contributed by atoms with Gasteiger partial charge in [-0.2, -0.15) is 13.2 Å². The molecule has 138 valence electrons. The smallest absolute Gasteiger partial charge is 0.387 e. The minimum Gasteiger partial charge on any atom is -0.387 e. The molecule has 25 heavy (non-hydrogen) atoms. The SMILES string of the molecule is C[C@@H]1C[C@H]1C(=O)NCCC(=O)NC[C@@H](O)c1ccccc1C(F)(F)F. The summed E-state index contributed by atoms with van der Waals surface area (Å²) in [4.78, 5) is 23.3. The van der Waals surface area contributed by atoms with Gasteiger partial charge in [-0.15, -0.1) is 0 Å². The number of aliphatic hydroxyl groups excluding tert-OH is 1. The molecule has 1 fully saturated rings. The summed E-state index contributed by atoms with van der Waals surface area (Å²) in [5.41, 5.74) is -1.21. The van der Waals surface area contributed by atoms with Crippen LogP contribution in [0, 0.1) is 11.8 Å². The average molecular weight is 358 g/mol. The van der Waals surface area contributed by atoms with Crippen LogP contribution in [0.5, 0.6) is 0 Å². The van der Waals surface area contributed by atoms with E-state index in [2.05, 4.69) is 10.6 Å². The van der Waals surface area contributed by atoms with Gasteiger partial charge in [-0.05, 0) is 24.0 Å². The highest BCUT2D eigenvalue weighted by molar-refractivity contribution is 5.82. The van der Waals surface area contributed by atoms with Crippen LogP contribution in [0.25, 0.3) is 0 Å². The normalized spacial score (nSPS) is 20.7. The standard InChI is InChI=1S/C17H21F3N2O3/c1-10-8-12(10)16(25)21-7-6-15(24)22-9-14(23)11-4-2-3-5-13(11)17(18,19)20/h2-5,10,12,14,23H,6-9H2,1H3,(H,21,25)(H,22,24)/t10-,12-,14-/m1/s1. The average Bonchev–Trinajstić information content (AvgIpc) is 3.28. The van der Waals surface area contributed by atoms with Crippen LogP contribution in [0.3, 0.4) is 0 Å². The molecule has 0 aliphatic heterocycles. The Morgan fingerprint density at radius 3 is 2.52 bits per heavy atom. The van der Waals surface area contributed by atoms with Gasteiger partial charge in [0.2, 0.25) is 11.8 Å². The number of rotatable bonds is 7. The lowest BCUT2D eigenvalue weighted by Gasteiger charge is -2.18. The van der Waals surface area contributed by atoms with E-state index in [9.17, 15) is 27.9 Å². The zero-order chi connectivity index (χ0) is 18.6. The van der Waals surface area contributed by atoms with Crippen LogP contribution in [0.4, 0.5) is 13.2 Å². The molecule has 1 aliphatic carbocycles. The minimum absolute atomic E-state index is 0.000475. The van der Waals surface area contributed by atoms with E-state index in [1.165, 1.54) is 18.2 Å². The lowest BCUT2D eigenvalue weighted by atomic mass is 10.0. The first-order valence-electron chi connectivity index (χ1n) is 8.08. The van der Waals surface area contributed by atoms with Crippen molar-refractivity contribution in [2.24, 2.45) is 11.8 Å². The third-order valence-corrected chi connectivity index (χ3v) is 4.22. The van der Waals surface area contributed by atoms with Crippen molar-refractivity contribution in [3.63, 3.8) is 0 Å². The number of hydrogen-bond donors (Lipinski definition) is 3. The number of halogens is 3. The van der Waals surface area contributed by atoms with Crippen LogP contribution in [0.15, 0.2) is 24.3 Å². The van der Waals surface area contributed by atoms with Crippen LogP contribution >= 0.6 is 0 Å². The van der Waals surface area contributed by atoms with Gasteiger partial charge in [0, 0.05) is 25.4 Å². The molecule has 5 nitrogen and oxygen atoms in total. The number of benzene rings is 1. The Balaban J connectivity index is 1.77. The van der Waals surface area contributed by atoms with E-state index < -0.39 is 23.8 Å². The molecule has 3 atom stereocenters. The van der Waals surface area contributed by atoms with E-state index in [0.717, 1.165) is 12.5 Å². The fourth-order valence-corrected chi connectivity index (χ4v) is 2.57. The van der Waals surface area contributed by atoms with Gasteiger partial charge in [0.15, 0.2) is 0 Å². The minimum atomic E-state index is -4.58. The van der Waals surface area contributed by atoms with E-state index >= 15 is 0 Å². The van der Waals surface area contributed by atoms with Gasteiger partial charge >= 0.3 is 6.18 Å². The third kappa shape index (κ3) is 5.45. The van der Waals surface area contributed by atoms with Crippen molar-refractivity contribution in [3.05, 3.63) is 35.4 Å². The molecule has 0 bridgehead atoms. The van der Waals surface area contributed by atoms with Gasteiger partial charge in [0.1, 0.15) is 0 Å². The van der Waals surface area contributed by atoms with Crippen LogP contribution in [0.2, 0.25) is 0 Å². The number of hydrogen-bond acceptors (Lipinski definition) is 3. The van der Waals surface area contributed by atoms with Crippen molar-refractivity contribution in [1.29, 1.82) is 0 Å². The molecule has 0 heterocycles. The van der Waals surface area contributed by atoms with Gasteiger partial charge in [-0.25, -0.2) is 0 Å². The molecular weight excluding hydrogens is 337 g/mol. The lowest BCUT2D eigenvalue weighted by molar-refractivity contribution is -0.139. The Labute approximate surface area is 143 Å². The van der Waals surface area contributed by atoms with Gasteiger partial charge in [-0.3, -0.25) is 9.59 Å². The molecule has 1 aromatic carbocycles. The Morgan fingerprint density at radius 2 is 1.92 bits per heavy atom. The summed E-state index contributed by atoms with van der Waals surface area (Å²) in [6.07, 6.45) is -5.20. The van der Waals surface area contributed by atoms with Crippen molar-refractivity contribution in [3.8, 4) is 0 Å². The second-order valence-corrected chi connectivity index (χ2v) is 6.27. The van der Waals surface area contributed by atoms with Crippen LogP contribution in [-0.2, 0) is 15.8 Å². The molecule has 0 radical (unpaired) electrons. The summed E-state index contributed by atoms with van der Waals surface area (Å²) in [6.45, 7) is 1.79. The maximum absolute atomic E-state index is 12.9. The highest BCUT2D eigenvalue weighted by atomic mass is 19.4. The predicted octanol–water partition coefficient (Wildman–Crippen LogP) is 2.02. The summed E-state index contributed by atoms with van der Waals surface area (Å²) in [7, 11) is 0. The Bertz CT molecular complexity index is 634. The van der Waals surface area contributed by atoms with Crippen molar-refractivity contribution in [2.75, 3.05) is 13.1 Å². The molecule has 0 aromatic heterocycles. The van der Waals surface area contributed by atoms with Crippen molar-refractivity contribution in [1.82, 2.24) is 10.6 Å². The predicted molar refractivity (Wildman–Crippen MR) is 84.3 cm³/mol. The lowest BCUT2D eigenvalue weighted by Crippen LogP contribution is -2.33. The van der Waals surface area contributed by atoms with Gasteiger partial charge in [-0.1, -0.05) is 25.1 Å². The molecule has 8 heteroatoms. The fourth-order valence-electron chi connectivity index (χ4n) is 2.57. The van der Waals surface area contributed by atoms with E-state index in [1.807, 2.05) is 6.92 Å². The molecule has 3 N–H and O–H groups in total. The first kappa shape index (κ1) is 19.2. The highest BCUT2D eigenvalue weighted by Gasteiger charge is 2.38. The number of nitrogens with one attached hydrogen (secondary N) is 2. The quantitative estimate of drug-likeness (QED) is 0.698. The Hall–Kier alpha value is -2.09. The molecule has 0 saturated heterocycles. The Kier molecular flexibility index (Phi) is 6.05. The summed E-state index contributed by atoms with van der Waals surface area (Å²) in [5, 5.41) is 15.0. The second kappa shape index (κ2) is 7.86. The number of carbonyl (C=O) groups excluding carboxylic acids is 2. The van der Waals surface area contributed by atoms with Crippen LogP contribution in [0.1, 0.15) is 37.0 Å². The molecular formula is C17H21F3N2O3. The van der Waals surface area contributed by atoms with E-state index in [1.54, 1.807) is 0 Å². The highest BCUT2D eigenvalue weighted by Crippen LogP contribution is 2.37. The zero-order valence-electron chi connectivity index (χ0n) is 13.8. The van der Waals surface area contributed by atoms with E-state index in [-0.39, 0.29) is 36.9 Å². The molecule has 1 saturated carbocycles. The van der Waals surface area contributed by atoms with Gasteiger partial charge in [0.05, 0.1) is 11.7 Å². The van der Waals surface area contributed by atoms with E-state index in [4.69, 9.17) is 0 Å². The summed E-state index contributed by atoms with van der Waals surface area (Å²) >= 11 is 0. The summed E-state index contributed by atoms with van der Waals surface area (Å²) in [5.74, 6) is -0.145. The van der Waals surface area contributed by atoms with Crippen molar-refractivity contribution < 1.29 is 27.9 Å². The maximum Gasteiger partial charge on any atom is 0.416 e. The van der Waals surface area contributed by atoms with Crippen LogP contribution in [-0.4, -0.2) is 30.0 Å². The van der Waals surface area contributed by atoms with Crippen molar-refractivity contribution >= 4 is 11.8 Å². The summed E-state index contributed by atoms with van der Waals surface area (Å²) < 4.78 is 38.7. The Morgan fingerprint density at radius 1 is 1.28 bits per heavy atom. The maximum atomic E-state index is 12.9. The summed E-state index contributed by atoms with van der Waals surface area (Å²) in [6, 6.07) is 4.69. The van der Waals surface area contributed by atoms with Crippen molar-refractivity contribution in [2.45, 2.75) is 32.0 Å². The number of amides is 2. The number of aliphatic hydroxyl groups is 1. The second-order valence-electron chi connectivity index (χ2n) is 6.27. The fraction of sp³-hybridized carbons (Fsp3) is 0.529. The number of alkyl halides is 3. The first-order chi connectivity index (χ1) is 11.7. The third-order valence-electron chi connectivity index (χ3n) is 4.22. The first-order valence-corrected chi connectivity index (χ1v) is 8.08. The molecule has 0 unspecified atom stereocenters. The van der Waals surface area contributed by atoms with E-state index in [0.29, 0.717) is 5.92 Å². The van der Waals surface area contributed by atoms with Gasteiger partial charge in [0.25, 0.3) is 0 Å². The molecule has 0 spiro atoms. The van der Waals surface area contributed by atoms with Gasteiger partial charge < -0.3 is 15.7 Å². The molecule has 1 aromatic rings. The monoisotopic (exact) mass is 358 g/mol. The molecule has 2 amide bonds. The topological polar surface area (TPSA) is 78.4 Å².